The predicted octanol–water partition coefficient (Wildman–Crippen LogP) is 3.86. The zero-order valence-corrected chi connectivity index (χ0v) is 11.8. The molecule has 0 unspecified atom stereocenters. The summed E-state index contributed by atoms with van der Waals surface area (Å²) < 4.78 is 11.4. The van der Waals surface area contributed by atoms with Crippen molar-refractivity contribution < 1.29 is 9.47 Å². The molecule has 0 amide bonds. The molecule has 0 aliphatic rings. The molecule has 0 aliphatic carbocycles. The monoisotopic (exact) mass is 271 g/mol. The smallest absolute Gasteiger partial charge is 0.127 e. The first-order valence-corrected chi connectivity index (χ1v) is 7.05. The van der Waals surface area contributed by atoms with Gasteiger partial charge in [-0.05, 0) is 55.9 Å². The molecule has 0 atom stereocenters. The van der Waals surface area contributed by atoms with Crippen molar-refractivity contribution in [3.8, 4) is 17.2 Å². The second-order valence-corrected chi connectivity index (χ2v) is 4.44. The number of ether oxygens (including phenoxy) is 2. The molecule has 106 valence electrons. The molecule has 0 aliphatic heterocycles. The molecule has 2 aromatic carbocycles. The molecule has 0 spiro atoms. The fraction of sp³-hybridized carbons (Fsp3) is 0.294. The van der Waals surface area contributed by atoms with Crippen molar-refractivity contribution in [3.63, 3.8) is 0 Å². The van der Waals surface area contributed by atoms with Crippen LogP contribution in [0.1, 0.15) is 13.3 Å². The number of rotatable bonds is 8. The quantitative estimate of drug-likeness (QED) is 0.740. The molecule has 2 rings (SSSR count). The predicted molar refractivity (Wildman–Crippen MR) is 81.6 cm³/mol. The van der Waals surface area contributed by atoms with Gasteiger partial charge in [-0.2, -0.15) is 0 Å². The summed E-state index contributed by atoms with van der Waals surface area (Å²) in [6.45, 7) is 4.83. The second-order valence-electron chi connectivity index (χ2n) is 4.44. The molecule has 0 saturated heterocycles. The van der Waals surface area contributed by atoms with E-state index in [9.17, 15) is 0 Å². The number of benzene rings is 2. The molecular formula is C17H21NO2. The molecule has 0 radical (unpaired) electrons. The van der Waals surface area contributed by atoms with Gasteiger partial charge in [0.15, 0.2) is 0 Å². The van der Waals surface area contributed by atoms with Crippen molar-refractivity contribution >= 4 is 0 Å². The molecule has 0 saturated carbocycles. The van der Waals surface area contributed by atoms with Gasteiger partial charge < -0.3 is 14.8 Å². The van der Waals surface area contributed by atoms with Crippen molar-refractivity contribution in [3.05, 3.63) is 54.6 Å². The van der Waals surface area contributed by atoms with E-state index in [1.807, 2.05) is 54.6 Å². The first-order valence-electron chi connectivity index (χ1n) is 7.05. The van der Waals surface area contributed by atoms with E-state index in [1.54, 1.807) is 0 Å². The van der Waals surface area contributed by atoms with Crippen LogP contribution in [0.4, 0.5) is 0 Å². The molecule has 0 bridgehead atoms. The van der Waals surface area contributed by atoms with E-state index in [0.29, 0.717) is 0 Å². The maximum atomic E-state index is 5.73. The van der Waals surface area contributed by atoms with Gasteiger partial charge in [0.05, 0.1) is 6.61 Å². The van der Waals surface area contributed by atoms with E-state index in [4.69, 9.17) is 9.47 Å². The minimum Gasteiger partial charge on any atom is -0.494 e. The van der Waals surface area contributed by atoms with E-state index in [1.165, 1.54) is 0 Å². The lowest BCUT2D eigenvalue weighted by Crippen LogP contribution is -2.16. The molecule has 20 heavy (non-hydrogen) atoms. The van der Waals surface area contributed by atoms with E-state index in [2.05, 4.69) is 12.2 Å². The highest BCUT2D eigenvalue weighted by Gasteiger charge is 1.98. The Morgan fingerprint density at radius 1 is 0.850 bits per heavy atom. The number of hydrogen-bond acceptors (Lipinski definition) is 3. The van der Waals surface area contributed by atoms with Gasteiger partial charge in [0, 0.05) is 0 Å². The van der Waals surface area contributed by atoms with Gasteiger partial charge in [0.1, 0.15) is 17.2 Å². The Hall–Kier alpha value is -2.00. The first-order chi connectivity index (χ1) is 9.88. The minimum absolute atomic E-state index is 0.728. The molecule has 2 aromatic rings. The molecule has 0 fully saturated rings. The lowest BCUT2D eigenvalue weighted by Gasteiger charge is -2.08. The van der Waals surface area contributed by atoms with Crippen LogP contribution in [-0.2, 0) is 0 Å². The Bertz CT molecular complexity index is 482. The fourth-order valence-corrected chi connectivity index (χ4v) is 1.79. The van der Waals surface area contributed by atoms with Gasteiger partial charge in [-0.15, -0.1) is 0 Å². The summed E-state index contributed by atoms with van der Waals surface area (Å²) in [7, 11) is 0. The average Bonchev–Trinajstić information content (AvgIpc) is 2.50. The topological polar surface area (TPSA) is 30.5 Å². The van der Waals surface area contributed by atoms with Gasteiger partial charge in [-0.25, -0.2) is 0 Å². The van der Waals surface area contributed by atoms with Gasteiger partial charge in [0.25, 0.3) is 0 Å². The Morgan fingerprint density at radius 2 is 1.50 bits per heavy atom. The van der Waals surface area contributed by atoms with E-state index >= 15 is 0 Å². The second kappa shape index (κ2) is 8.23. The van der Waals surface area contributed by atoms with Crippen LogP contribution >= 0.6 is 0 Å². The lowest BCUT2D eigenvalue weighted by molar-refractivity contribution is 0.308. The number of hydrogen-bond donors (Lipinski definition) is 1. The van der Waals surface area contributed by atoms with Crippen LogP contribution < -0.4 is 14.8 Å². The minimum atomic E-state index is 0.728. The largest absolute Gasteiger partial charge is 0.494 e. The standard InChI is InChI=1S/C17H21NO2/c1-2-18-13-6-14-19-15-9-11-17(12-10-15)20-16-7-4-3-5-8-16/h3-5,7-12,18H,2,6,13-14H2,1H3. The maximum Gasteiger partial charge on any atom is 0.127 e. The normalized spacial score (nSPS) is 10.2. The molecule has 3 heteroatoms. The highest BCUT2D eigenvalue weighted by atomic mass is 16.5. The summed E-state index contributed by atoms with van der Waals surface area (Å²) in [5.41, 5.74) is 0. The van der Waals surface area contributed by atoms with Crippen molar-refractivity contribution in [1.29, 1.82) is 0 Å². The zero-order valence-electron chi connectivity index (χ0n) is 11.8. The molecule has 0 heterocycles. The number of nitrogens with one attached hydrogen (secondary N) is 1. The third-order valence-corrected chi connectivity index (χ3v) is 2.82. The Balaban J connectivity index is 1.78. The van der Waals surface area contributed by atoms with Gasteiger partial charge in [-0.3, -0.25) is 0 Å². The van der Waals surface area contributed by atoms with E-state index < -0.39 is 0 Å². The zero-order chi connectivity index (χ0) is 14.0. The summed E-state index contributed by atoms with van der Waals surface area (Å²) in [6.07, 6.45) is 1.01. The van der Waals surface area contributed by atoms with Crippen LogP contribution in [0.3, 0.4) is 0 Å². The van der Waals surface area contributed by atoms with Gasteiger partial charge in [-0.1, -0.05) is 25.1 Å². The van der Waals surface area contributed by atoms with Crippen molar-refractivity contribution in [2.45, 2.75) is 13.3 Å². The maximum absolute atomic E-state index is 5.73. The third kappa shape index (κ3) is 4.94. The molecule has 1 N–H and O–H groups in total. The van der Waals surface area contributed by atoms with Crippen LogP contribution in [0.2, 0.25) is 0 Å². The van der Waals surface area contributed by atoms with Crippen LogP contribution in [-0.4, -0.2) is 19.7 Å². The van der Waals surface area contributed by atoms with Crippen molar-refractivity contribution in [2.75, 3.05) is 19.7 Å². The summed E-state index contributed by atoms with van der Waals surface area (Å²) in [4.78, 5) is 0. The van der Waals surface area contributed by atoms with Gasteiger partial charge >= 0.3 is 0 Å². The summed E-state index contributed by atoms with van der Waals surface area (Å²) >= 11 is 0. The lowest BCUT2D eigenvalue weighted by atomic mass is 10.3. The SMILES string of the molecule is CCNCCCOc1ccc(Oc2ccccc2)cc1. The van der Waals surface area contributed by atoms with Crippen LogP contribution in [0.5, 0.6) is 17.2 Å². The molecule has 3 nitrogen and oxygen atoms in total. The van der Waals surface area contributed by atoms with Crippen molar-refractivity contribution in [2.24, 2.45) is 0 Å². The Labute approximate surface area is 120 Å². The fourth-order valence-electron chi connectivity index (χ4n) is 1.79. The Morgan fingerprint density at radius 3 is 2.20 bits per heavy atom. The summed E-state index contributed by atoms with van der Waals surface area (Å²) in [5.74, 6) is 2.53. The third-order valence-electron chi connectivity index (χ3n) is 2.82. The van der Waals surface area contributed by atoms with Crippen LogP contribution in [0, 0.1) is 0 Å². The van der Waals surface area contributed by atoms with Crippen LogP contribution in [0.25, 0.3) is 0 Å². The Kier molecular flexibility index (Phi) is 5.93. The van der Waals surface area contributed by atoms with E-state index in [0.717, 1.165) is 43.4 Å². The first kappa shape index (κ1) is 14.4. The average molecular weight is 271 g/mol. The summed E-state index contributed by atoms with van der Waals surface area (Å²) in [6, 6.07) is 17.5. The summed E-state index contributed by atoms with van der Waals surface area (Å²) in [5, 5.41) is 3.27. The highest BCUT2D eigenvalue weighted by Crippen LogP contribution is 2.23. The molecule has 0 aromatic heterocycles. The van der Waals surface area contributed by atoms with Crippen molar-refractivity contribution in [1.82, 2.24) is 5.32 Å². The van der Waals surface area contributed by atoms with Gasteiger partial charge in [0.2, 0.25) is 0 Å². The molecular weight excluding hydrogens is 250 g/mol. The highest BCUT2D eigenvalue weighted by molar-refractivity contribution is 5.35. The van der Waals surface area contributed by atoms with Crippen LogP contribution in [0.15, 0.2) is 54.6 Å². The van der Waals surface area contributed by atoms with E-state index in [-0.39, 0.29) is 0 Å². The number of para-hydroxylation sites is 1.